The normalized spacial score (nSPS) is 14.0. The van der Waals surface area contributed by atoms with E-state index in [1.54, 1.807) is 6.08 Å². The fourth-order valence-electron chi connectivity index (χ4n) is 3.20. The van der Waals surface area contributed by atoms with Gasteiger partial charge in [-0.1, -0.05) is 54.4 Å². The molecule has 0 unspecified atom stereocenters. The number of amides is 3. The van der Waals surface area contributed by atoms with Crippen molar-refractivity contribution >= 4 is 35.3 Å². The van der Waals surface area contributed by atoms with Gasteiger partial charge in [0.2, 0.25) is 5.91 Å². The summed E-state index contributed by atoms with van der Waals surface area (Å²) < 4.78 is 2.09. The van der Waals surface area contributed by atoms with Gasteiger partial charge in [-0.15, -0.1) is 16.8 Å². The van der Waals surface area contributed by atoms with E-state index in [0.717, 1.165) is 31.2 Å². The van der Waals surface area contributed by atoms with Gasteiger partial charge in [0.25, 0.3) is 0 Å². The standard InChI is InChI=1S/C19H22ClN5O2S/c1-2-11-21-18(27)22-16(26)12-28-19-24-23-17(14-9-5-6-10-15(14)20)25(19)13-7-3-4-8-13/h2,5-6,9-10,13H,1,3-4,7-8,11-12H2,(H2,21,22,26,27). The van der Waals surface area contributed by atoms with Crippen LogP contribution in [0, 0.1) is 0 Å². The molecule has 0 atom stereocenters. The molecule has 1 aromatic carbocycles. The zero-order valence-electron chi connectivity index (χ0n) is 15.4. The maximum Gasteiger partial charge on any atom is 0.321 e. The van der Waals surface area contributed by atoms with E-state index in [1.165, 1.54) is 11.8 Å². The minimum atomic E-state index is -0.542. The number of imide groups is 1. The van der Waals surface area contributed by atoms with Crippen LogP contribution in [0.5, 0.6) is 0 Å². The first-order valence-corrected chi connectivity index (χ1v) is 10.5. The van der Waals surface area contributed by atoms with Crippen LogP contribution in [0.1, 0.15) is 31.7 Å². The summed E-state index contributed by atoms with van der Waals surface area (Å²) in [4.78, 5) is 23.6. The van der Waals surface area contributed by atoms with Crippen molar-refractivity contribution in [2.24, 2.45) is 0 Å². The highest BCUT2D eigenvalue weighted by atomic mass is 35.5. The van der Waals surface area contributed by atoms with Gasteiger partial charge in [-0.3, -0.25) is 14.7 Å². The lowest BCUT2D eigenvalue weighted by Crippen LogP contribution is -2.40. The molecule has 9 heteroatoms. The van der Waals surface area contributed by atoms with Crippen LogP contribution in [0.2, 0.25) is 5.02 Å². The Labute approximate surface area is 172 Å². The largest absolute Gasteiger partial charge is 0.334 e. The van der Waals surface area contributed by atoms with Crippen LogP contribution in [0.4, 0.5) is 4.79 Å². The smallest absolute Gasteiger partial charge is 0.321 e. The Morgan fingerprint density at radius 2 is 2.04 bits per heavy atom. The molecule has 0 aliphatic heterocycles. The molecule has 3 rings (SSSR count). The maximum atomic E-state index is 12.1. The maximum absolute atomic E-state index is 12.1. The van der Waals surface area contributed by atoms with E-state index in [4.69, 9.17) is 11.6 Å². The lowest BCUT2D eigenvalue weighted by Gasteiger charge is -2.17. The SMILES string of the molecule is C=CCNC(=O)NC(=O)CSc1nnc(-c2ccccc2Cl)n1C1CCCC1. The summed E-state index contributed by atoms with van der Waals surface area (Å²) in [5.41, 5.74) is 0.823. The number of hydrogen-bond donors (Lipinski definition) is 2. The third kappa shape index (κ3) is 4.94. The van der Waals surface area contributed by atoms with Crippen molar-refractivity contribution in [1.29, 1.82) is 0 Å². The number of carbonyl (C=O) groups is 2. The van der Waals surface area contributed by atoms with Crippen LogP contribution in [0.3, 0.4) is 0 Å². The number of urea groups is 1. The van der Waals surface area contributed by atoms with E-state index in [2.05, 4.69) is 32.0 Å². The molecule has 2 aromatic rings. The van der Waals surface area contributed by atoms with Crippen LogP contribution in [0.25, 0.3) is 11.4 Å². The van der Waals surface area contributed by atoms with Gasteiger partial charge in [0.05, 0.1) is 10.8 Å². The van der Waals surface area contributed by atoms with Crippen LogP contribution in [0.15, 0.2) is 42.1 Å². The third-order valence-corrected chi connectivity index (χ3v) is 5.73. The first kappa shape index (κ1) is 20.4. The van der Waals surface area contributed by atoms with Crippen molar-refractivity contribution in [1.82, 2.24) is 25.4 Å². The van der Waals surface area contributed by atoms with Crippen molar-refractivity contribution in [2.45, 2.75) is 36.9 Å². The van der Waals surface area contributed by atoms with Crippen molar-refractivity contribution in [2.75, 3.05) is 12.3 Å². The molecule has 1 fully saturated rings. The summed E-state index contributed by atoms with van der Waals surface area (Å²) in [6.45, 7) is 3.80. The first-order valence-electron chi connectivity index (χ1n) is 9.11. The highest BCUT2D eigenvalue weighted by Gasteiger charge is 2.26. The Hall–Kier alpha value is -2.32. The van der Waals surface area contributed by atoms with Crippen LogP contribution in [-0.4, -0.2) is 39.0 Å². The van der Waals surface area contributed by atoms with Gasteiger partial charge < -0.3 is 5.32 Å². The van der Waals surface area contributed by atoms with E-state index in [1.807, 2.05) is 24.3 Å². The number of benzene rings is 1. The number of nitrogens with zero attached hydrogens (tertiary/aromatic N) is 3. The third-order valence-electron chi connectivity index (χ3n) is 4.46. The predicted molar refractivity (Wildman–Crippen MR) is 110 cm³/mol. The second kappa shape index (κ2) is 9.75. The second-order valence-electron chi connectivity index (χ2n) is 6.43. The van der Waals surface area contributed by atoms with Crippen molar-refractivity contribution in [3.63, 3.8) is 0 Å². The first-order chi connectivity index (χ1) is 13.6. The fraction of sp³-hybridized carbons (Fsp3) is 0.368. The van der Waals surface area contributed by atoms with Crippen LogP contribution < -0.4 is 10.6 Å². The van der Waals surface area contributed by atoms with E-state index >= 15 is 0 Å². The van der Waals surface area contributed by atoms with Crippen LogP contribution in [-0.2, 0) is 4.79 Å². The van der Waals surface area contributed by atoms with Crippen molar-refractivity contribution in [3.8, 4) is 11.4 Å². The Balaban J connectivity index is 1.76. The molecule has 0 saturated heterocycles. The zero-order valence-corrected chi connectivity index (χ0v) is 16.9. The van der Waals surface area contributed by atoms with Crippen molar-refractivity contribution in [3.05, 3.63) is 41.9 Å². The molecule has 148 valence electrons. The molecule has 1 aliphatic carbocycles. The molecule has 1 heterocycles. The molecule has 7 nitrogen and oxygen atoms in total. The molecule has 28 heavy (non-hydrogen) atoms. The zero-order chi connectivity index (χ0) is 19.9. The van der Waals surface area contributed by atoms with Gasteiger partial charge in [-0.25, -0.2) is 4.79 Å². The molecule has 2 N–H and O–H groups in total. The van der Waals surface area contributed by atoms with Gasteiger partial charge in [-0.2, -0.15) is 0 Å². The molecule has 0 spiro atoms. The molecule has 0 bridgehead atoms. The summed E-state index contributed by atoms with van der Waals surface area (Å²) in [6.07, 6.45) is 5.93. The van der Waals surface area contributed by atoms with Crippen LogP contribution >= 0.6 is 23.4 Å². The monoisotopic (exact) mass is 419 g/mol. The molecule has 1 saturated carbocycles. The lowest BCUT2D eigenvalue weighted by atomic mass is 10.2. The Morgan fingerprint density at radius 3 is 2.75 bits per heavy atom. The molecule has 3 amide bonds. The Kier molecular flexibility index (Phi) is 7.11. The summed E-state index contributed by atoms with van der Waals surface area (Å²) in [5.74, 6) is 0.380. The van der Waals surface area contributed by atoms with Gasteiger partial charge in [0, 0.05) is 18.2 Å². The molecule has 0 radical (unpaired) electrons. The summed E-state index contributed by atoms with van der Waals surface area (Å²) in [7, 11) is 0. The van der Waals surface area contributed by atoms with E-state index in [0.29, 0.717) is 22.5 Å². The summed E-state index contributed by atoms with van der Waals surface area (Å²) in [5, 5.41) is 14.7. The molecule has 1 aromatic heterocycles. The topological polar surface area (TPSA) is 88.9 Å². The minimum absolute atomic E-state index is 0.0644. The Morgan fingerprint density at radius 1 is 1.29 bits per heavy atom. The predicted octanol–water partition coefficient (Wildman–Crippen LogP) is 3.82. The quantitative estimate of drug-likeness (QED) is 0.526. The lowest BCUT2D eigenvalue weighted by molar-refractivity contribution is -0.117. The summed E-state index contributed by atoms with van der Waals surface area (Å²) in [6, 6.07) is 7.27. The highest BCUT2D eigenvalue weighted by molar-refractivity contribution is 7.99. The van der Waals surface area contributed by atoms with E-state index in [9.17, 15) is 9.59 Å². The summed E-state index contributed by atoms with van der Waals surface area (Å²) >= 11 is 7.63. The Bertz CT molecular complexity index is 864. The van der Waals surface area contributed by atoms with Crippen molar-refractivity contribution < 1.29 is 9.59 Å². The molecule has 1 aliphatic rings. The van der Waals surface area contributed by atoms with E-state index < -0.39 is 11.9 Å². The average molecular weight is 420 g/mol. The number of hydrogen-bond acceptors (Lipinski definition) is 5. The highest BCUT2D eigenvalue weighted by Crippen LogP contribution is 2.38. The van der Waals surface area contributed by atoms with Gasteiger partial charge in [-0.05, 0) is 25.0 Å². The fourth-order valence-corrected chi connectivity index (χ4v) is 4.22. The van der Waals surface area contributed by atoms with Gasteiger partial charge in [0.1, 0.15) is 0 Å². The second-order valence-corrected chi connectivity index (χ2v) is 7.78. The number of aromatic nitrogens is 3. The molecular weight excluding hydrogens is 398 g/mol. The number of carbonyl (C=O) groups excluding carboxylic acids is 2. The number of nitrogens with one attached hydrogen (secondary N) is 2. The van der Waals surface area contributed by atoms with E-state index in [-0.39, 0.29) is 11.8 Å². The molecular formula is C19H22ClN5O2S. The average Bonchev–Trinajstić information content (AvgIpc) is 3.34. The van der Waals surface area contributed by atoms with Gasteiger partial charge in [0.15, 0.2) is 11.0 Å². The number of rotatable bonds is 7. The minimum Gasteiger partial charge on any atom is -0.334 e. The van der Waals surface area contributed by atoms with Gasteiger partial charge >= 0.3 is 6.03 Å². The number of halogens is 1. The number of thioether (sulfide) groups is 1.